The fourth-order valence-electron chi connectivity index (χ4n) is 1.37. The second-order valence-electron chi connectivity index (χ2n) is 4.37. The highest BCUT2D eigenvalue weighted by molar-refractivity contribution is 5.98. The second kappa shape index (κ2) is 6.13. The van der Waals surface area contributed by atoms with Crippen molar-refractivity contribution in [3.05, 3.63) is 30.1 Å². The standard InChI is InChI=1S/C13H18N2O2/c1-9(2)12(16)7-13(17)15-10(3)11-5-4-6-14-8-11/h4-6,8-10H,7H2,1-3H3,(H,15,17). The van der Waals surface area contributed by atoms with E-state index in [-0.39, 0.29) is 30.1 Å². The molecule has 1 aromatic heterocycles. The molecule has 0 spiro atoms. The first-order chi connectivity index (χ1) is 8.00. The van der Waals surface area contributed by atoms with Crippen molar-refractivity contribution in [3.8, 4) is 0 Å². The minimum Gasteiger partial charge on any atom is -0.349 e. The number of rotatable bonds is 5. The predicted molar refractivity (Wildman–Crippen MR) is 65.3 cm³/mol. The Kier molecular flexibility index (Phi) is 4.82. The Hall–Kier alpha value is -1.71. The van der Waals surface area contributed by atoms with Gasteiger partial charge in [0.25, 0.3) is 0 Å². The average Bonchev–Trinajstić information content (AvgIpc) is 2.29. The van der Waals surface area contributed by atoms with Crippen molar-refractivity contribution in [1.29, 1.82) is 0 Å². The number of amides is 1. The minimum atomic E-state index is -0.236. The van der Waals surface area contributed by atoms with Gasteiger partial charge in [0, 0.05) is 18.3 Å². The summed E-state index contributed by atoms with van der Waals surface area (Å²) in [5, 5.41) is 2.78. The molecule has 0 saturated heterocycles. The summed E-state index contributed by atoms with van der Waals surface area (Å²) in [6, 6.07) is 3.58. The number of aromatic nitrogens is 1. The molecule has 92 valence electrons. The van der Waals surface area contributed by atoms with E-state index in [2.05, 4.69) is 10.3 Å². The van der Waals surface area contributed by atoms with Crippen LogP contribution in [0.15, 0.2) is 24.5 Å². The fraction of sp³-hybridized carbons (Fsp3) is 0.462. The van der Waals surface area contributed by atoms with Crippen molar-refractivity contribution in [1.82, 2.24) is 10.3 Å². The van der Waals surface area contributed by atoms with Gasteiger partial charge in [0.05, 0.1) is 12.5 Å². The van der Waals surface area contributed by atoms with Gasteiger partial charge in [0.1, 0.15) is 5.78 Å². The van der Waals surface area contributed by atoms with Crippen LogP contribution in [0.5, 0.6) is 0 Å². The number of hydrogen-bond acceptors (Lipinski definition) is 3. The molecule has 0 radical (unpaired) electrons. The van der Waals surface area contributed by atoms with Crippen molar-refractivity contribution >= 4 is 11.7 Å². The molecule has 0 bridgehead atoms. The summed E-state index contributed by atoms with van der Waals surface area (Å²) >= 11 is 0. The smallest absolute Gasteiger partial charge is 0.227 e. The summed E-state index contributed by atoms with van der Waals surface area (Å²) in [5.74, 6) is -0.379. The SMILES string of the molecule is CC(C)C(=O)CC(=O)NC(C)c1cccnc1. The van der Waals surface area contributed by atoms with E-state index in [9.17, 15) is 9.59 Å². The highest BCUT2D eigenvalue weighted by Crippen LogP contribution is 2.10. The van der Waals surface area contributed by atoms with Crippen molar-refractivity contribution in [2.45, 2.75) is 33.2 Å². The Balaban J connectivity index is 2.50. The minimum absolute atomic E-state index is 0.0408. The molecule has 0 aliphatic carbocycles. The number of ketones is 1. The molecule has 1 heterocycles. The van der Waals surface area contributed by atoms with E-state index in [1.165, 1.54) is 0 Å². The number of carbonyl (C=O) groups is 2. The monoisotopic (exact) mass is 234 g/mol. The third kappa shape index (κ3) is 4.34. The molecule has 1 N–H and O–H groups in total. The maximum absolute atomic E-state index is 11.6. The molecule has 0 saturated carbocycles. The van der Waals surface area contributed by atoms with Crippen molar-refractivity contribution in [2.24, 2.45) is 5.92 Å². The zero-order chi connectivity index (χ0) is 12.8. The van der Waals surface area contributed by atoms with Crippen molar-refractivity contribution in [2.75, 3.05) is 0 Å². The van der Waals surface area contributed by atoms with E-state index >= 15 is 0 Å². The van der Waals surface area contributed by atoms with Crippen LogP contribution in [0.3, 0.4) is 0 Å². The van der Waals surface area contributed by atoms with Crippen molar-refractivity contribution < 1.29 is 9.59 Å². The lowest BCUT2D eigenvalue weighted by Gasteiger charge is -2.13. The summed E-state index contributed by atoms with van der Waals surface area (Å²) < 4.78 is 0. The molecule has 0 aliphatic heterocycles. The molecule has 1 amide bonds. The van der Waals surface area contributed by atoms with Gasteiger partial charge in [0.2, 0.25) is 5.91 Å². The highest BCUT2D eigenvalue weighted by Gasteiger charge is 2.15. The third-order valence-electron chi connectivity index (χ3n) is 2.54. The molecule has 1 unspecified atom stereocenters. The van der Waals surface area contributed by atoms with E-state index in [1.54, 1.807) is 26.2 Å². The topological polar surface area (TPSA) is 59.1 Å². The normalized spacial score (nSPS) is 12.2. The van der Waals surface area contributed by atoms with Gasteiger partial charge in [-0.15, -0.1) is 0 Å². The van der Waals surface area contributed by atoms with E-state index in [4.69, 9.17) is 0 Å². The lowest BCUT2D eigenvalue weighted by atomic mass is 10.1. The van der Waals surface area contributed by atoms with Crippen LogP contribution in [0.2, 0.25) is 0 Å². The van der Waals surface area contributed by atoms with Crippen LogP contribution < -0.4 is 5.32 Å². The fourth-order valence-corrected chi connectivity index (χ4v) is 1.37. The Morgan fingerprint density at radius 1 is 1.35 bits per heavy atom. The number of nitrogens with zero attached hydrogens (tertiary/aromatic N) is 1. The molecular weight excluding hydrogens is 216 g/mol. The van der Waals surface area contributed by atoms with Gasteiger partial charge in [-0.2, -0.15) is 0 Å². The molecule has 0 aromatic carbocycles. The van der Waals surface area contributed by atoms with Crippen LogP contribution in [0.4, 0.5) is 0 Å². The Bertz CT molecular complexity index is 388. The van der Waals surface area contributed by atoms with Gasteiger partial charge < -0.3 is 5.32 Å². The molecule has 0 fully saturated rings. The first kappa shape index (κ1) is 13.4. The van der Waals surface area contributed by atoms with Gasteiger partial charge >= 0.3 is 0 Å². The molecular formula is C13H18N2O2. The maximum Gasteiger partial charge on any atom is 0.227 e. The second-order valence-corrected chi connectivity index (χ2v) is 4.37. The van der Waals surface area contributed by atoms with E-state index in [0.29, 0.717) is 0 Å². The van der Waals surface area contributed by atoms with E-state index < -0.39 is 0 Å². The lowest BCUT2D eigenvalue weighted by molar-refractivity contribution is -0.130. The van der Waals surface area contributed by atoms with Gasteiger partial charge in [-0.05, 0) is 18.6 Å². The summed E-state index contributed by atoms with van der Waals surface area (Å²) in [4.78, 5) is 27.0. The number of nitrogens with one attached hydrogen (secondary N) is 1. The predicted octanol–water partition coefficient (Wildman–Crippen LogP) is 1.87. The Morgan fingerprint density at radius 2 is 2.06 bits per heavy atom. The zero-order valence-electron chi connectivity index (χ0n) is 10.4. The largest absolute Gasteiger partial charge is 0.349 e. The Morgan fingerprint density at radius 3 is 2.59 bits per heavy atom. The maximum atomic E-state index is 11.6. The number of hydrogen-bond donors (Lipinski definition) is 1. The van der Waals surface area contributed by atoms with E-state index in [1.807, 2.05) is 19.1 Å². The third-order valence-corrected chi connectivity index (χ3v) is 2.54. The van der Waals surface area contributed by atoms with Gasteiger partial charge in [-0.25, -0.2) is 0 Å². The molecule has 4 nitrogen and oxygen atoms in total. The van der Waals surface area contributed by atoms with Crippen LogP contribution >= 0.6 is 0 Å². The molecule has 17 heavy (non-hydrogen) atoms. The number of Topliss-reactive ketones (excluding diaryl/α,β-unsaturated/α-hetero) is 1. The van der Waals surface area contributed by atoms with Crippen LogP contribution in [-0.2, 0) is 9.59 Å². The number of pyridine rings is 1. The lowest BCUT2D eigenvalue weighted by Crippen LogP contribution is -2.29. The molecule has 1 atom stereocenters. The van der Waals surface area contributed by atoms with Gasteiger partial charge in [-0.1, -0.05) is 19.9 Å². The summed E-state index contributed by atoms with van der Waals surface area (Å²) in [7, 11) is 0. The summed E-state index contributed by atoms with van der Waals surface area (Å²) in [6.45, 7) is 5.45. The summed E-state index contributed by atoms with van der Waals surface area (Å²) in [5.41, 5.74) is 0.929. The highest BCUT2D eigenvalue weighted by atomic mass is 16.2. The van der Waals surface area contributed by atoms with Crippen LogP contribution in [0.1, 0.15) is 38.8 Å². The molecule has 1 aromatic rings. The first-order valence-corrected chi connectivity index (χ1v) is 5.72. The van der Waals surface area contributed by atoms with E-state index in [0.717, 1.165) is 5.56 Å². The molecule has 0 aliphatic rings. The van der Waals surface area contributed by atoms with Crippen LogP contribution in [0, 0.1) is 5.92 Å². The van der Waals surface area contributed by atoms with Crippen LogP contribution in [-0.4, -0.2) is 16.7 Å². The Labute approximate surface area is 101 Å². The average molecular weight is 234 g/mol. The molecule has 1 rings (SSSR count). The quantitative estimate of drug-likeness (QED) is 0.791. The van der Waals surface area contributed by atoms with Gasteiger partial charge in [-0.3, -0.25) is 14.6 Å². The zero-order valence-corrected chi connectivity index (χ0v) is 10.4. The van der Waals surface area contributed by atoms with Crippen LogP contribution in [0.25, 0.3) is 0 Å². The van der Waals surface area contributed by atoms with Gasteiger partial charge in [0.15, 0.2) is 0 Å². The summed E-state index contributed by atoms with van der Waals surface area (Å²) in [6.07, 6.45) is 3.33. The number of carbonyl (C=O) groups excluding carboxylic acids is 2. The van der Waals surface area contributed by atoms with Crippen molar-refractivity contribution in [3.63, 3.8) is 0 Å². The molecule has 4 heteroatoms. The first-order valence-electron chi connectivity index (χ1n) is 5.72.